The van der Waals surface area contributed by atoms with Crippen LogP contribution in [0.2, 0.25) is 0 Å². The third-order valence-corrected chi connectivity index (χ3v) is 4.55. The minimum absolute atomic E-state index is 0.0645. The topological polar surface area (TPSA) is 59.2 Å². The van der Waals surface area contributed by atoms with E-state index in [0.29, 0.717) is 36.1 Å². The van der Waals surface area contributed by atoms with Gasteiger partial charge in [-0.1, -0.05) is 17.3 Å². The number of rotatable bonds is 4. The predicted molar refractivity (Wildman–Crippen MR) is 77.5 cm³/mol. The van der Waals surface area contributed by atoms with Crippen LogP contribution in [0.15, 0.2) is 28.8 Å². The zero-order chi connectivity index (χ0) is 14.8. The van der Waals surface area contributed by atoms with Crippen LogP contribution >= 0.6 is 11.8 Å². The monoisotopic (exact) mass is 307 g/mol. The van der Waals surface area contributed by atoms with Crippen molar-refractivity contribution in [3.63, 3.8) is 0 Å². The second kappa shape index (κ2) is 5.85. The van der Waals surface area contributed by atoms with Gasteiger partial charge in [0.1, 0.15) is 5.82 Å². The fourth-order valence-electron chi connectivity index (χ4n) is 2.29. The van der Waals surface area contributed by atoms with E-state index in [1.807, 2.05) is 0 Å². The molecule has 7 heteroatoms. The van der Waals surface area contributed by atoms with Crippen molar-refractivity contribution in [3.05, 3.63) is 41.8 Å². The molecule has 0 aliphatic carbocycles. The van der Waals surface area contributed by atoms with Crippen molar-refractivity contribution in [2.45, 2.75) is 24.3 Å². The molecule has 0 N–H and O–H groups in total. The van der Waals surface area contributed by atoms with Crippen molar-refractivity contribution >= 4 is 23.4 Å². The lowest BCUT2D eigenvalue weighted by atomic mass is 10.3. The van der Waals surface area contributed by atoms with Gasteiger partial charge in [-0.15, -0.1) is 11.8 Å². The summed E-state index contributed by atoms with van der Waals surface area (Å²) >= 11 is 1.46. The molecule has 0 radical (unpaired) electrons. The van der Waals surface area contributed by atoms with E-state index in [1.165, 1.54) is 22.7 Å². The van der Waals surface area contributed by atoms with Gasteiger partial charge in [-0.3, -0.25) is 4.79 Å². The number of nitrogens with zero attached hydrogens (tertiary/aromatic N) is 3. The van der Waals surface area contributed by atoms with Crippen LogP contribution in [-0.4, -0.2) is 27.8 Å². The molecule has 1 saturated heterocycles. The Kier molecular flexibility index (Phi) is 3.92. The third-order valence-electron chi connectivity index (χ3n) is 3.28. The number of aromatic nitrogens is 2. The van der Waals surface area contributed by atoms with Crippen LogP contribution in [0.3, 0.4) is 0 Å². The molecule has 1 fully saturated rings. The molecule has 0 bridgehead atoms. The molecular formula is C14H14FN3O2S. The number of hydrogen-bond acceptors (Lipinski definition) is 5. The van der Waals surface area contributed by atoms with Gasteiger partial charge >= 0.3 is 0 Å². The number of amides is 1. The molecule has 2 heterocycles. The lowest BCUT2D eigenvalue weighted by Crippen LogP contribution is -2.28. The molecule has 5 nitrogen and oxygen atoms in total. The van der Waals surface area contributed by atoms with Gasteiger partial charge < -0.3 is 9.42 Å². The summed E-state index contributed by atoms with van der Waals surface area (Å²) in [5.74, 6) is 1.17. The summed E-state index contributed by atoms with van der Waals surface area (Å²) in [6.45, 7) is 2.25. The van der Waals surface area contributed by atoms with Gasteiger partial charge in [-0.05, 0) is 18.6 Å². The summed E-state index contributed by atoms with van der Waals surface area (Å²) in [4.78, 5) is 18.0. The number of carbonyl (C=O) groups is 1. The van der Waals surface area contributed by atoms with Crippen LogP contribution in [0.4, 0.5) is 10.1 Å². The first-order valence-corrected chi connectivity index (χ1v) is 7.67. The number of hydrogen-bond donors (Lipinski definition) is 0. The van der Waals surface area contributed by atoms with Crippen molar-refractivity contribution in [3.8, 4) is 0 Å². The number of halogens is 1. The maximum absolute atomic E-state index is 13.8. The average molecular weight is 307 g/mol. The molecule has 1 aromatic carbocycles. The summed E-state index contributed by atoms with van der Waals surface area (Å²) in [5.41, 5.74) is 0.348. The second-order valence-corrected chi connectivity index (χ2v) is 5.95. The molecule has 0 spiro atoms. The predicted octanol–water partition coefficient (Wildman–Crippen LogP) is 2.56. The highest BCUT2D eigenvalue weighted by atomic mass is 32.2. The molecule has 2 aromatic rings. The van der Waals surface area contributed by atoms with Crippen molar-refractivity contribution < 1.29 is 13.7 Å². The summed E-state index contributed by atoms with van der Waals surface area (Å²) < 4.78 is 18.7. The maximum atomic E-state index is 13.8. The lowest BCUT2D eigenvalue weighted by molar-refractivity contribution is -0.116. The largest absolute Gasteiger partial charge is 0.340 e. The van der Waals surface area contributed by atoms with Gasteiger partial charge in [0.15, 0.2) is 5.82 Å². The summed E-state index contributed by atoms with van der Waals surface area (Å²) in [5, 5.41) is 3.61. The van der Waals surface area contributed by atoms with Gasteiger partial charge in [-0.25, -0.2) is 4.39 Å². The zero-order valence-corrected chi connectivity index (χ0v) is 12.3. The van der Waals surface area contributed by atoms with Gasteiger partial charge in [0.25, 0.3) is 0 Å². The van der Waals surface area contributed by atoms with E-state index in [9.17, 15) is 9.18 Å². The molecule has 110 valence electrons. The first-order chi connectivity index (χ1) is 10.1. The Balaban J connectivity index is 1.65. The first kappa shape index (κ1) is 14.1. The molecule has 3 rings (SSSR count). The van der Waals surface area contributed by atoms with E-state index in [2.05, 4.69) is 10.1 Å². The van der Waals surface area contributed by atoms with Crippen molar-refractivity contribution in [1.29, 1.82) is 0 Å². The Morgan fingerprint density at radius 2 is 2.29 bits per heavy atom. The molecule has 1 atom stereocenters. The Morgan fingerprint density at radius 3 is 3.00 bits per heavy atom. The Morgan fingerprint density at radius 1 is 1.48 bits per heavy atom. The summed E-state index contributed by atoms with van der Waals surface area (Å²) in [6, 6.07) is 6.34. The maximum Gasteiger partial charge on any atom is 0.240 e. The molecule has 21 heavy (non-hydrogen) atoms. The highest BCUT2D eigenvalue weighted by Crippen LogP contribution is 2.31. The SMILES string of the molecule is Cc1nc(CS[C@@H]2CCN(c3ccccc3F)C2=O)no1. The lowest BCUT2D eigenvalue weighted by Gasteiger charge is -2.17. The summed E-state index contributed by atoms with van der Waals surface area (Å²) in [6.07, 6.45) is 0.689. The standard InChI is InChI=1S/C14H14FN3O2S/c1-9-16-13(17-20-9)8-21-12-6-7-18(14(12)19)11-5-3-2-4-10(11)15/h2-5,12H,6-8H2,1H3/t12-/m1/s1. The minimum Gasteiger partial charge on any atom is -0.340 e. The van der Waals surface area contributed by atoms with E-state index in [4.69, 9.17) is 4.52 Å². The normalized spacial score (nSPS) is 18.5. The molecule has 0 unspecified atom stereocenters. The van der Waals surface area contributed by atoms with Gasteiger partial charge in [-0.2, -0.15) is 4.98 Å². The van der Waals surface area contributed by atoms with Gasteiger partial charge in [0, 0.05) is 13.5 Å². The molecule has 0 saturated carbocycles. The highest BCUT2D eigenvalue weighted by Gasteiger charge is 2.34. The van der Waals surface area contributed by atoms with Crippen LogP contribution in [-0.2, 0) is 10.5 Å². The number of carbonyl (C=O) groups excluding carboxylic acids is 1. The van der Waals surface area contributed by atoms with Crippen LogP contribution in [0.5, 0.6) is 0 Å². The Labute approximate surface area is 125 Å². The summed E-state index contributed by atoms with van der Waals surface area (Å²) in [7, 11) is 0. The minimum atomic E-state index is -0.370. The zero-order valence-electron chi connectivity index (χ0n) is 11.5. The van der Waals surface area contributed by atoms with Crippen molar-refractivity contribution in [2.75, 3.05) is 11.4 Å². The van der Waals surface area contributed by atoms with Crippen molar-refractivity contribution in [2.24, 2.45) is 0 Å². The third kappa shape index (κ3) is 2.92. The second-order valence-electron chi connectivity index (χ2n) is 4.76. The Bertz CT molecular complexity index is 661. The number of anilines is 1. The first-order valence-electron chi connectivity index (χ1n) is 6.62. The number of benzene rings is 1. The van der Waals surface area contributed by atoms with E-state index >= 15 is 0 Å². The van der Waals surface area contributed by atoms with Crippen molar-refractivity contribution in [1.82, 2.24) is 10.1 Å². The van der Waals surface area contributed by atoms with Crippen LogP contribution in [0, 0.1) is 12.7 Å². The number of thioether (sulfide) groups is 1. The van der Waals surface area contributed by atoms with E-state index < -0.39 is 0 Å². The molecular weight excluding hydrogens is 293 g/mol. The van der Waals surface area contributed by atoms with E-state index in [1.54, 1.807) is 25.1 Å². The fraction of sp³-hybridized carbons (Fsp3) is 0.357. The quantitative estimate of drug-likeness (QED) is 0.869. The fourth-order valence-corrected chi connectivity index (χ4v) is 3.30. The molecule has 1 aromatic heterocycles. The molecule has 1 aliphatic rings. The van der Waals surface area contributed by atoms with Gasteiger partial charge in [0.05, 0.1) is 16.7 Å². The highest BCUT2D eigenvalue weighted by molar-refractivity contribution is 7.99. The molecule has 1 aliphatic heterocycles. The van der Waals surface area contributed by atoms with E-state index in [-0.39, 0.29) is 17.0 Å². The molecule has 1 amide bonds. The number of para-hydroxylation sites is 1. The average Bonchev–Trinajstić information content (AvgIpc) is 3.04. The van der Waals surface area contributed by atoms with Crippen LogP contribution in [0.25, 0.3) is 0 Å². The Hall–Kier alpha value is -1.89. The smallest absolute Gasteiger partial charge is 0.240 e. The van der Waals surface area contributed by atoms with E-state index in [0.717, 1.165) is 0 Å². The van der Waals surface area contributed by atoms with Crippen LogP contribution in [0.1, 0.15) is 18.1 Å². The number of aryl methyl sites for hydroxylation is 1. The van der Waals surface area contributed by atoms with Crippen LogP contribution < -0.4 is 4.90 Å². The van der Waals surface area contributed by atoms with Gasteiger partial charge in [0.2, 0.25) is 11.8 Å².